The van der Waals surface area contributed by atoms with Crippen LogP contribution in [-0.4, -0.2) is 46.0 Å². The maximum atomic E-state index is 13.1. The van der Waals surface area contributed by atoms with Gasteiger partial charge in [-0.2, -0.15) is 4.98 Å². The molecule has 162 valence electrons. The average Bonchev–Trinajstić information content (AvgIpc) is 3.24. The minimum atomic E-state index is -0.219. The van der Waals surface area contributed by atoms with Crippen molar-refractivity contribution in [3.63, 3.8) is 0 Å². The third-order valence-corrected chi connectivity index (χ3v) is 5.78. The second-order valence-corrected chi connectivity index (χ2v) is 8.25. The van der Waals surface area contributed by atoms with E-state index >= 15 is 0 Å². The summed E-state index contributed by atoms with van der Waals surface area (Å²) in [5.41, 5.74) is 3.15. The number of hydrogen-bond donors (Lipinski definition) is 0. The van der Waals surface area contributed by atoms with Crippen molar-refractivity contribution in [3.05, 3.63) is 71.4 Å². The van der Waals surface area contributed by atoms with Crippen molar-refractivity contribution in [3.8, 4) is 11.4 Å². The van der Waals surface area contributed by atoms with E-state index in [1.165, 1.54) is 17.7 Å². The van der Waals surface area contributed by atoms with Crippen LogP contribution in [0.15, 0.2) is 53.1 Å². The molecule has 2 aromatic carbocycles. The number of piperidine rings is 1. The molecule has 6 nitrogen and oxygen atoms in total. The summed E-state index contributed by atoms with van der Waals surface area (Å²) in [7, 11) is 1.78. The van der Waals surface area contributed by atoms with Gasteiger partial charge in [0.15, 0.2) is 0 Å². The molecule has 0 radical (unpaired) electrons. The fraction of sp³-hybridized carbons (Fsp3) is 0.375. The van der Waals surface area contributed by atoms with E-state index in [2.05, 4.69) is 15.0 Å². The molecule has 0 N–H and O–H groups in total. The first-order valence-corrected chi connectivity index (χ1v) is 10.6. The van der Waals surface area contributed by atoms with E-state index in [9.17, 15) is 9.18 Å². The van der Waals surface area contributed by atoms with Crippen LogP contribution in [0.1, 0.15) is 29.9 Å². The maximum absolute atomic E-state index is 13.1. The summed E-state index contributed by atoms with van der Waals surface area (Å²) in [6, 6.07) is 14.5. The summed E-state index contributed by atoms with van der Waals surface area (Å²) in [6.07, 6.45) is 1.62. The van der Waals surface area contributed by atoms with Gasteiger partial charge < -0.3 is 9.42 Å². The zero-order valence-corrected chi connectivity index (χ0v) is 17.9. The zero-order chi connectivity index (χ0) is 21.8. The lowest BCUT2D eigenvalue weighted by Crippen LogP contribution is -2.40. The summed E-state index contributed by atoms with van der Waals surface area (Å²) in [4.78, 5) is 21.3. The van der Waals surface area contributed by atoms with Gasteiger partial charge in [-0.3, -0.25) is 9.69 Å². The predicted octanol–water partition coefficient (Wildman–Crippen LogP) is 4.05. The summed E-state index contributed by atoms with van der Waals surface area (Å²) in [5.74, 6) is 0.846. The highest BCUT2D eigenvalue weighted by atomic mass is 19.1. The van der Waals surface area contributed by atoms with Gasteiger partial charge in [0.05, 0.1) is 6.54 Å². The number of benzene rings is 2. The van der Waals surface area contributed by atoms with E-state index in [0.29, 0.717) is 18.3 Å². The average molecular weight is 423 g/mol. The Morgan fingerprint density at radius 2 is 1.81 bits per heavy atom. The molecule has 3 aromatic rings. The van der Waals surface area contributed by atoms with E-state index < -0.39 is 0 Å². The molecule has 7 heteroatoms. The normalized spacial score (nSPS) is 15.2. The van der Waals surface area contributed by atoms with Crippen molar-refractivity contribution >= 4 is 5.91 Å². The monoisotopic (exact) mass is 422 g/mol. The smallest absolute Gasteiger partial charge is 0.246 e. The van der Waals surface area contributed by atoms with Gasteiger partial charge in [0.2, 0.25) is 17.6 Å². The highest BCUT2D eigenvalue weighted by Gasteiger charge is 2.28. The summed E-state index contributed by atoms with van der Waals surface area (Å²) in [6.45, 7) is 4.80. The second-order valence-electron chi connectivity index (χ2n) is 8.25. The minimum absolute atomic E-state index is 0.00559. The molecule has 0 unspecified atom stereocenters. The van der Waals surface area contributed by atoms with E-state index in [4.69, 9.17) is 4.52 Å². The SMILES string of the molecule is Cc1ccc(-c2noc(CN(C)C(=O)C3CCN(Cc4ccc(F)cc4)CC3)n2)cc1. The van der Waals surface area contributed by atoms with Crippen molar-refractivity contribution in [2.75, 3.05) is 20.1 Å². The minimum Gasteiger partial charge on any atom is -0.337 e. The van der Waals surface area contributed by atoms with Gasteiger partial charge in [-0.25, -0.2) is 4.39 Å². The molecule has 0 aliphatic carbocycles. The van der Waals surface area contributed by atoms with Crippen LogP contribution in [0, 0.1) is 18.7 Å². The third-order valence-electron chi connectivity index (χ3n) is 5.78. The first kappa shape index (κ1) is 21.2. The first-order chi connectivity index (χ1) is 15.0. The lowest BCUT2D eigenvalue weighted by atomic mass is 9.95. The maximum Gasteiger partial charge on any atom is 0.246 e. The van der Waals surface area contributed by atoms with Crippen LogP contribution in [0.2, 0.25) is 0 Å². The lowest BCUT2D eigenvalue weighted by molar-refractivity contribution is -0.136. The van der Waals surface area contributed by atoms with Crippen molar-refractivity contribution < 1.29 is 13.7 Å². The number of nitrogens with zero attached hydrogens (tertiary/aromatic N) is 4. The van der Waals surface area contributed by atoms with Crippen LogP contribution in [0.4, 0.5) is 4.39 Å². The predicted molar refractivity (Wildman–Crippen MR) is 115 cm³/mol. The fourth-order valence-corrected chi connectivity index (χ4v) is 3.92. The molecule has 1 aromatic heterocycles. The number of amides is 1. The Kier molecular flexibility index (Phi) is 6.42. The molecule has 31 heavy (non-hydrogen) atoms. The highest BCUT2D eigenvalue weighted by molar-refractivity contribution is 5.78. The third kappa shape index (κ3) is 5.35. The van der Waals surface area contributed by atoms with Gasteiger partial charge in [-0.15, -0.1) is 0 Å². The Morgan fingerprint density at radius 3 is 2.48 bits per heavy atom. The molecule has 1 aliphatic rings. The number of likely N-dealkylation sites (tertiary alicyclic amines) is 1. The largest absolute Gasteiger partial charge is 0.337 e. The topological polar surface area (TPSA) is 62.5 Å². The van der Waals surface area contributed by atoms with Crippen LogP contribution in [0.3, 0.4) is 0 Å². The molecule has 0 saturated carbocycles. The van der Waals surface area contributed by atoms with Gasteiger partial charge in [0.25, 0.3) is 0 Å². The molecular weight excluding hydrogens is 395 g/mol. The number of aryl methyl sites for hydroxylation is 1. The second kappa shape index (κ2) is 9.39. The van der Waals surface area contributed by atoms with Gasteiger partial charge >= 0.3 is 0 Å². The standard InChI is InChI=1S/C24H27FN4O2/c1-17-3-7-19(8-4-17)23-26-22(31-27-23)16-28(2)24(30)20-11-13-29(14-12-20)15-18-5-9-21(25)10-6-18/h3-10,20H,11-16H2,1-2H3. The Labute approximate surface area is 181 Å². The van der Waals surface area contributed by atoms with Gasteiger partial charge in [0.1, 0.15) is 5.82 Å². The Morgan fingerprint density at radius 1 is 1.13 bits per heavy atom. The van der Waals surface area contributed by atoms with Gasteiger partial charge in [-0.05, 0) is 50.6 Å². The zero-order valence-electron chi connectivity index (χ0n) is 17.9. The lowest BCUT2D eigenvalue weighted by Gasteiger charge is -2.33. The molecule has 1 saturated heterocycles. The van der Waals surface area contributed by atoms with Crippen LogP contribution >= 0.6 is 0 Å². The molecule has 4 rings (SSSR count). The van der Waals surface area contributed by atoms with E-state index in [0.717, 1.165) is 43.6 Å². The molecule has 0 spiro atoms. The molecule has 1 fully saturated rings. The van der Waals surface area contributed by atoms with Crippen LogP contribution < -0.4 is 0 Å². The van der Waals surface area contributed by atoms with Gasteiger partial charge in [-0.1, -0.05) is 47.1 Å². The quantitative estimate of drug-likeness (QED) is 0.600. The summed E-state index contributed by atoms with van der Waals surface area (Å²) < 4.78 is 18.4. The highest BCUT2D eigenvalue weighted by Crippen LogP contribution is 2.22. The first-order valence-electron chi connectivity index (χ1n) is 10.6. The van der Waals surface area contributed by atoms with Gasteiger partial charge in [0, 0.05) is 25.1 Å². The number of halogens is 1. The summed E-state index contributed by atoms with van der Waals surface area (Å²) >= 11 is 0. The van der Waals surface area contributed by atoms with E-state index in [1.54, 1.807) is 11.9 Å². The van der Waals surface area contributed by atoms with Crippen LogP contribution in [-0.2, 0) is 17.9 Å². The van der Waals surface area contributed by atoms with Crippen molar-refractivity contribution in [1.82, 2.24) is 19.9 Å². The van der Waals surface area contributed by atoms with Crippen LogP contribution in [0.25, 0.3) is 11.4 Å². The number of rotatable bonds is 6. The van der Waals surface area contributed by atoms with Crippen molar-refractivity contribution in [2.24, 2.45) is 5.92 Å². The fourth-order valence-electron chi connectivity index (χ4n) is 3.92. The van der Waals surface area contributed by atoms with E-state index in [1.807, 2.05) is 43.3 Å². The van der Waals surface area contributed by atoms with E-state index in [-0.39, 0.29) is 17.6 Å². The number of carbonyl (C=O) groups excluding carboxylic acids is 1. The molecule has 2 heterocycles. The van der Waals surface area contributed by atoms with Crippen molar-refractivity contribution in [2.45, 2.75) is 32.9 Å². The number of aromatic nitrogens is 2. The Hall–Kier alpha value is -3.06. The molecular formula is C24H27FN4O2. The molecule has 1 aliphatic heterocycles. The number of hydrogen-bond acceptors (Lipinski definition) is 5. The molecule has 0 atom stereocenters. The Bertz CT molecular complexity index is 1010. The Balaban J connectivity index is 1.28. The number of carbonyl (C=O) groups is 1. The molecule has 1 amide bonds. The van der Waals surface area contributed by atoms with Crippen LogP contribution in [0.5, 0.6) is 0 Å². The molecule has 0 bridgehead atoms. The van der Waals surface area contributed by atoms with Crippen molar-refractivity contribution in [1.29, 1.82) is 0 Å². The summed E-state index contributed by atoms with van der Waals surface area (Å²) in [5, 5.41) is 4.04.